The number of nitrogens with zero attached hydrogens (tertiary/aromatic N) is 1. The molecular weight excluding hydrogens is 416 g/mol. The lowest BCUT2D eigenvalue weighted by atomic mass is 9.93. The minimum atomic E-state index is -0.0279. The summed E-state index contributed by atoms with van der Waals surface area (Å²) in [7, 11) is 0. The fraction of sp³-hybridized carbons (Fsp3) is 0.391. The Hall–Kier alpha value is -2.14. The molecule has 0 aromatic heterocycles. The normalized spacial score (nSPS) is 19.3. The van der Waals surface area contributed by atoms with Crippen molar-refractivity contribution in [2.24, 2.45) is 5.92 Å². The summed E-state index contributed by atoms with van der Waals surface area (Å²) < 4.78 is 0.988. The molecule has 4 rings (SSSR count). The second kappa shape index (κ2) is 8.48. The monoisotopic (exact) mass is 440 g/mol. The third kappa shape index (κ3) is 4.30. The van der Waals surface area contributed by atoms with E-state index >= 15 is 0 Å². The molecule has 4 nitrogen and oxygen atoms in total. The lowest BCUT2D eigenvalue weighted by Crippen LogP contribution is -2.41. The standard InChI is InChI=1S/C23H25BrN2O2/c24-19-7-9-20(10-8-19)25-23(28)17-11-13-26(14-12-17)22(27)15-18-6-5-16-3-1-2-4-21(16)18/h1-4,7-10,17-18H,5-6,11-15H2,(H,25,28). The van der Waals surface area contributed by atoms with Gasteiger partial charge in [0, 0.05) is 35.6 Å². The first-order valence-corrected chi connectivity index (χ1v) is 10.8. The van der Waals surface area contributed by atoms with E-state index in [1.54, 1.807) is 0 Å². The minimum absolute atomic E-state index is 0.0279. The van der Waals surface area contributed by atoms with Crippen LogP contribution in [0.1, 0.15) is 42.7 Å². The number of anilines is 1. The lowest BCUT2D eigenvalue weighted by molar-refractivity contribution is -0.134. The summed E-state index contributed by atoms with van der Waals surface area (Å²) in [4.78, 5) is 27.3. The van der Waals surface area contributed by atoms with Crippen molar-refractivity contribution >= 4 is 33.4 Å². The molecule has 1 saturated heterocycles. The Bertz CT molecular complexity index is 857. The summed E-state index contributed by atoms with van der Waals surface area (Å²) >= 11 is 3.40. The van der Waals surface area contributed by atoms with Crippen LogP contribution in [-0.4, -0.2) is 29.8 Å². The zero-order valence-electron chi connectivity index (χ0n) is 15.9. The van der Waals surface area contributed by atoms with Crippen molar-refractivity contribution in [2.75, 3.05) is 18.4 Å². The van der Waals surface area contributed by atoms with E-state index < -0.39 is 0 Å². The number of likely N-dealkylation sites (tertiary alicyclic amines) is 1. The number of fused-ring (bicyclic) bond motifs is 1. The predicted molar refractivity (Wildman–Crippen MR) is 114 cm³/mol. The van der Waals surface area contributed by atoms with E-state index in [1.165, 1.54) is 11.1 Å². The second-order valence-corrected chi connectivity index (χ2v) is 8.71. The van der Waals surface area contributed by atoms with Gasteiger partial charge in [0.15, 0.2) is 0 Å². The van der Waals surface area contributed by atoms with Gasteiger partial charge in [0.1, 0.15) is 0 Å². The Morgan fingerprint density at radius 1 is 1.00 bits per heavy atom. The van der Waals surface area contributed by atoms with Crippen LogP contribution in [0.15, 0.2) is 53.0 Å². The molecule has 2 aromatic carbocycles. The Kier molecular flexibility index (Phi) is 5.81. The Morgan fingerprint density at radius 2 is 1.71 bits per heavy atom. The van der Waals surface area contributed by atoms with Crippen molar-refractivity contribution in [1.29, 1.82) is 0 Å². The van der Waals surface area contributed by atoms with Gasteiger partial charge in [-0.25, -0.2) is 0 Å². The zero-order valence-corrected chi connectivity index (χ0v) is 17.5. The zero-order chi connectivity index (χ0) is 19.5. The summed E-state index contributed by atoms with van der Waals surface area (Å²) in [5, 5.41) is 2.99. The topological polar surface area (TPSA) is 49.4 Å². The number of halogens is 1. The third-order valence-corrected chi connectivity index (χ3v) is 6.54. The van der Waals surface area contributed by atoms with Gasteiger partial charge < -0.3 is 10.2 Å². The molecule has 0 saturated carbocycles. The molecular formula is C23H25BrN2O2. The van der Waals surface area contributed by atoms with E-state index in [0.29, 0.717) is 25.4 Å². The van der Waals surface area contributed by atoms with Gasteiger partial charge in [-0.15, -0.1) is 0 Å². The van der Waals surface area contributed by atoms with Crippen LogP contribution in [0.3, 0.4) is 0 Å². The Labute approximate surface area is 174 Å². The first kappa shape index (κ1) is 19.2. The smallest absolute Gasteiger partial charge is 0.227 e. The number of benzene rings is 2. The van der Waals surface area contributed by atoms with E-state index in [4.69, 9.17) is 0 Å². The highest BCUT2D eigenvalue weighted by Gasteiger charge is 2.30. The van der Waals surface area contributed by atoms with Gasteiger partial charge in [0.25, 0.3) is 0 Å². The molecule has 0 spiro atoms. The molecule has 28 heavy (non-hydrogen) atoms. The number of nitrogens with one attached hydrogen (secondary N) is 1. The number of carbonyl (C=O) groups is 2. The molecule has 1 aliphatic heterocycles. The Balaban J connectivity index is 1.27. The van der Waals surface area contributed by atoms with Crippen LogP contribution in [0.4, 0.5) is 5.69 Å². The number of rotatable bonds is 4. The van der Waals surface area contributed by atoms with Crippen LogP contribution < -0.4 is 5.32 Å². The van der Waals surface area contributed by atoms with E-state index in [1.807, 2.05) is 29.2 Å². The lowest BCUT2D eigenvalue weighted by Gasteiger charge is -2.32. The maximum atomic E-state index is 12.8. The molecule has 0 radical (unpaired) electrons. The number of amides is 2. The second-order valence-electron chi connectivity index (χ2n) is 7.79. The first-order chi connectivity index (χ1) is 13.6. The van der Waals surface area contributed by atoms with Gasteiger partial charge in [0.05, 0.1) is 0 Å². The van der Waals surface area contributed by atoms with Crippen molar-refractivity contribution < 1.29 is 9.59 Å². The summed E-state index contributed by atoms with van der Waals surface area (Å²) in [6.07, 6.45) is 4.20. The highest BCUT2D eigenvalue weighted by atomic mass is 79.9. The van der Waals surface area contributed by atoms with Gasteiger partial charge >= 0.3 is 0 Å². The summed E-state index contributed by atoms with van der Waals surface area (Å²) in [5.41, 5.74) is 3.55. The van der Waals surface area contributed by atoms with Crippen molar-refractivity contribution in [3.63, 3.8) is 0 Å². The van der Waals surface area contributed by atoms with Crippen LogP contribution in [0.25, 0.3) is 0 Å². The molecule has 2 aromatic rings. The van der Waals surface area contributed by atoms with Crippen molar-refractivity contribution in [2.45, 2.75) is 38.0 Å². The predicted octanol–water partition coefficient (Wildman–Crippen LogP) is 4.75. The highest BCUT2D eigenvalue weighted by Crippen LogP contribution is 2.36. The van der Waals surface area contributed by atoms with Crippen LogP contribution in [0, 0.1) is 5.92 Å². The number of piperidine rings is 1. The fourth-order valence-electron chi connectivity index (χ4n) is 4.37. The summed E-state index contributed by atoms with van der Waals surface area (Å²) in [6.45, 7) is 1.34. The average molecular weight is 441 g/mol. The highest BCUT2D eigenvalue weighted by molar-refractivity contribution is 9.10. The molecule has 1 aliphatic carbocycles. The fourth-order valence-corrected chi connectivity index (χ4v) is 4.63. The van der Waals surface area contributed by atoms with Crippen LogP contribution in [0.5, 0.6) is 0 Å². The quantitative estimate of drug-likeness (QED) is 0.745. The van der Waals surface area contributed by atoms with E-state index in [0.717, 1.165) is 35.8 Å². The molecule has 0 bridgehead atoms. The van der Waals surface area contributed by atoms with E-state index in [9.17, 15) is 9.59 Å². The van der Waals surface area contributed by atoms with Gasteiger partial charge in [-0.3, -0.25) is 9.59 Å². The Morgan fingerprint density at radius 3 is 2.46 bits per heavy atom. The molecule has 2 amide bonds. The summed E-state index contributed by atoms with van der Waals surface area (Å²) in [6, 6.07) is 16.1. The molecule has 2 aliphatic rings. The minimum Gasteiger partial charge on any atom is -0.343 e. The van der Waals surface area contributed by atoms with Gasteiger partial charge in [-0.2, -0.15) is 0 Å². The molecule has 1 N–H and O–H groups in total. The van der Waals surface area contributed by atoms with E-state index in [2.05, 4.69) is 45.5 Å². The van der Waals surface area contributed by atoms with Crippen molar-refractivity contribution in [3.05, 3.63) is 64.1 Å². The molecule has 146 valence electrons. The first-order valence-electron chi connectivity index (χ1n) is 10.0. The van der Waals surface area contributed by atoms with E-state index in [-0.39, 0.29) is 17.7 Å². The van der Waals surface area contributed by atoms with Crippen molar-refractivity contribution in [3.8, 4) is 0 Å². The number of hydrogen-bond acceptors (Lipinski definition) is 2. The van der Waals surface area contributed by atoms with Gasteiger partial charge in [-0.05, 0) is 67.0 Å². The number of aryl methyl sites for hydroxylation is 1. The summed E-state index contributed by atoms with van der Waals surface area (Å²) in [5.74, 6) is 0.606. The third-order valence-electron chi connectivity index (χ3n) is 6.01. The van der Waals surface area contributed by atoms with Crippen LogP contribution >= 0.6 is 15.9 Å². The van der Waals surface area contributed by atoms with Crippen LogP contribution in [0.2, 0.25) is 0 Å². The average Bonchev–Trinajstić information content (AvgIpc) is 3.13. The van der Waals surface area contributed by atoms with Gasteiger partial charge in [-0.1, -0.05) is 40.2 Å². The largest absolute Gasteiger partial charge is 0.343 e. The molecule has 1 heterocycles. The maximum absolute atomic E-state index is 12.8. The van der Waals surface area contributed by atoms with Gasteiger partial charge in [0.2, 0.25) is 11.8 Å². The SMILES string of the molecule is O=C(Nc1ccc(Br)cc1)C1CCN(C(=O)CC2CCc3ccccc32)CC1. The molecule has 1 fully saturated rings. The number of hydrogen-bond donors (Lipinski definition) is 1. The maximum Gasteiger partial charge on any atom is 0.227 e. The van der Waals surface area contributed by atoms with Crippen molar-refractivity contribution in [1.82, 2.24) is 4.90 Å². The molecule has 1 unspecified atom stereocenters. The number of carbonyl (C=O) groups excluding carboxylic acids is 2. The van der Waals surface area contributed by atoms with Crippen LogP contribution in [-0.2, 0) is 16.0 Å². The molecule has 1 atom stereocenters. The molecule has 5 heteroatoms.